The number of rotatable bonds is 9. The second kappa shape index (κ2) is 18.7. The third-order valence-electron chi connectivity index (χ3n) is 10.3. The van der Waals surface area contributed by atoms with E-state index < -0.39 is 30.1 Å². The zero-order valence-electron chi connectivity index (χ0n) is 32.2. The van der Waals surface area contributed by atoms with Gasteiger partial charge in [0, 0.05) is 17.7 Å². The third kappa shape index (κ3) is 9.61. The number of carbonyl (C=O) groups excluding carboxylic acids is 3. The first-order valence-corrected chi connectivity index (χ1v) is 19.3. The van der Waals surface area contributed by atoms with Crippen LogP contribution < -0.4 is 24.4 Å². The van der Waals surface area contributed by atoms with Crippen molar-refractivity contribution in [3.8, 4) is 28.8 Å². The molecular formula is C43H52N5O7+. The number of ether oxygens (including phenoxy) is 4. The molecule has 2 N–H and O–H groups in total. The lowest BCUT2D eigenvalue weighted by atomic mass is 10.1. The summed E-state index contributed by atoms with van der Waals surface area (Å²) in [7, 11) is 3.24. The van der Waals surface area contributed by atoms with Crippen molar-refractivity contribution in [3.05, 3.63) is 90.0 Å². The number of benzene rings is 3. The molecule has 2 aliphatic rings. The van der Waals surface area contributed by atoms with Gasteiger partial charge in [-0.25, -0.2) is 19.5 Å². The molecule has 12 heteroatoms. The van der Waals surface area contributed by atoms with E-state index in [-0.39, 0.29) is 25.6 Å². The van der Waals surface area contributed by atoms with Crippen LogP contribution >= 0.6 is 0 Å². The molecule has 0 aliphatic carbocycles. The van der Waals surface area contributed by atoms with Gasteiger partial charge in [-0.2, -0.15) is 4.98 Å². The summed E-state index contributed by atoms with van der Waals surface area (Å²) in [6, 6.07) is 19.2. The molecule has 0 bridgehead atoms. The SMILES string of the molecule is CCOC(=O)C1CCC=CCCCCCN(Cc2ccc(OC)cc2)C(=O)[NH+]2CC(Oc3nc(-c4ccccc4)nc4c(C)c(OC)ccc34)CC2C(=O)N1. The van der Waals surface area contributed by atoms with Gasteiger partial charge in [0.25, 0.3) is 5.91 Å². The van der Waals surface area contributed by atoms with Crippen molar-refractivity contribution in [2.75, 3.05) is 33.9 Å². The number of urea groups is 1. The van der Waals surface area contributed by atoms with Crippen molar-refractivity contribution >= 4 is 28.8 Å². The Morgan fingerprint density at radius 2 is 1.71 bits per heavy atom. The summed E-state index contributed by atoms with van der Waals surface area (Å²) in [4.78, 5) is 54.3. The fraction of sp³-hybridized carbons (Fsp3) is 0.419. The molecule has 0 spiro atoms. The van der Waals surface area contributed by atoms with Crippen LogP contribution in [0.25, 0.3) is 22.3 Å². The maximum absolute atomic E-state index is 14.8. The Morgan fingerprint density at radius 3 is 2.45 bits per heavy atom. The molecule has 3 heterocycles. The topological polar surface area (TPSA) is 134 Å². The Kier molecular flexibility index (Phi) is 13.3. The zero-order chi connectivity index (χ0) is 38.7. The first-order chi connectivity index (χ1) is 26.8. The third-order valence-corrected chi connectivity index (χ3v) is 10.3. The Morgan fingerprint density at radius 1 is 0.927 bits per heavy atom. The van der Waals surface area contributed by atoms with Gasteiger partial charge in [0.15, 0.2) is 18.0 Å². The maximum Gasteiger partial charge on any atom is 0.418 e. The lowest BCUT2D eigenvalue weighted by Gasteiger charge is -2.28. The second-order valence-corrected chi connectivity index (χ2v) is 14.1. The summed E-state index contributed by atoms with van der Waals surface area (Å²) in [6.07, 6.45) is 8.50. The standard InChI is InChI=1S/C43H51N5O7/c1-5-54-42(50)35-18-14-9-7-6-8-10-15-25-47(27-30-19-21-32(52-3)22-20-30)43(51)48-28-33(26-36(48)40(49)44-35)55-41-34-23-24-37(53-4)29(2)38(34)45-39(46-41)31-16-12-11-13-17-31/h7,9,11-13,16-17,19-24,33,35-36H,5-6,8,10,14-15,18,25-28H2,1-4H3,(H,44,49)/p+1. The van der Waals surface area contributed by atoms with Crippen LogP contribution in [0.15, 0.2) is 78.9 Å². The summed E-state index contributed by atoms with van der Waals surface area (Å²) in [5, 5.41) is 3.66. The molecule has 12 nitrogen and oxygen atoms in total. The van der Waals surface area contributed by atoms with Crippen LogP contribution in [0.4, 0.5) is 4.79 Å². The second-order valence-electron chi connectivity index (χ2n) is 14.1. The molecule has 4 atom stereocenters. The number of nitrogens with zero attached hydrogens (tertiary/aromatic N) is 3. The van der Waals surface area contributed by atoms with E-state index in [1.54, 1.807) is 21.1 Å². The van der Waals surface area contributed by atoms with E-state index in [0.717, 1.165) is 48.1 Å². The van der Waals surface area contributed by atoms with Crippen molar-refractivity contribution < 1.29 is 38.2 Å². The van der Waals surface area contributed by atoms with Gasteiger partial charge >= 0.3 is 12.0 Å². The minimum absolute atomic E-state index is 0.194. The van der Waals surface area contributed by atoms with E-state index in [1.807, 2.05) is 78.6 Å². The van der Waals surface area contributed by atoms with E-state index in [0.29, 0.717) is 59.2 Å². The Bertz CT molecular complexity index is 1970. The summed E-state index contributed by atoms with van der Waals surface area (Å²) >= 11 is 0. The molecule has 1 saturated heterocycles. The molecule has 4 unspecified atom stereocenters. The molecule has 0 saturated carbocycles. The number of hydrogen-bond acceptors (Lipinski definition) is 9. The van der Waals surface area contributed by atoms with Gasteiger partial charge < -0.3 is 24.3 Å². The number of esters is 1. The zero-order valence-corrected chi connectivity index (χ0v) is 32.2. The molecule has 1 aromatic heterocycles. The molecule has 1 fully saturated rings. The highest BCUT2D eigenvalue weighted by molar-refractivity contribution is 5.90. The smallest absolute Gasteiger partial charge is 0.418 e. The van der Waals surface area contributed by atoms with Gasteiger partial charge in [-0.15, -0.1) is 0 Å². The average Bonchev–Trinajstić information content (AvgIpc) is 3.63. The fourth-order valence-electron chi connectivity index (χ4n) is 7.35. The summed E-state index contributed by atoms with van der Waals surface area (Å²) in [6.45, 7) is 5.00. The van der Waals surface area contributed by atoms with E-state index >= 15 is 0 Å². The molecule has 55 heavy (non-hydrogen) atoms. The lowest BCUT2D eigenvalue weighted by molar-refractivity contribution is -0.824. The van der Waals surface area contributed by atoms with Crippen LogP contribution in [0.2, 0.25) is 0 Å². The van der Waals surface area contributed by atoms with Gasteiger partial charge in [0.1, 0.15) is 24.1 Å². The van der Waals surface area contributed by atoms with Crippen molar-refractivity contribution in [1.82, 2.24) is 20.2 Å². The average molecular weight is 751 g/mol. The molecule has 0 radical (unpaired) electrons. The highest BCUT2D eigenvalue weighted by Crippen LogP contribution is 2.34. The Hall–Kier alpha value is -5.49. The number of quaternary nitrogens is 1. The van der Waals surface area contributed by atoms with E-state index in [1.165, 1.54) is 0 Å². The van der Waals surface area contributed by atoms with Crippen molar-refractivity contribution in [2.24, 2.45) is 0 Å². The number of amides is 3. The molecule has 3 aromatic carbocycles. The maximum atomic E-state index is 14.8. The molecule has 6 rings (SSSR count). The van der Waals surface area contributed by atoms with Crippen LogP contribution in [-0.4, -0.2) is 84.9 Å². The highest BCUT2D eigenvalue weighted by atomic mass is 16.5. The fourth-order valence-corrected chi connectivity index (χ4v) is 7.35. The largest absolute Gasteiger partial charge is 0.497 e. The van der Waals surface area contributed by atoms with Gasteiger partial charge in [-0.1, -0.05) is 61.0 Å². The number of aryl methyl sites for hydroxylation is 1. The summed E-state index contributed by atoms with van der Waals surface area (Å²) < 4.78 is 23.1. The van der Waals surface area contributed by atoms with Gasteiger partial charge in [-0.05, 0) is 75.8 Å². The van der Waals surface area contributed by atoms with E-state index in [9.17, 15) is 14.4 Å². The van der Waals surface area contributed by atoms with Crippen molar-refractivity contribution in [1.29, 1.82) is 0 Å². The number of hydrogen-bond donors (Lipinski definition) is 2. The molecule has 4 aromatic rings. The number of carbonyl (C=O) groups is 3. The normalized spacial score (nSPS) is 21.1. The predicted molar refractivity (Wildman–Crippen MR) is 209 cm³/mol. The number of methoxy groups -OCH3 is 2. The van der Waals surface area contributed by atoms with Crippen LogP contribution in [0.3, 0.4) is 0 Å². The van der Waals surface area contributed by atoms with Crippen LogP contribution in [0.1, 0.15) is 63.0 Å². The number of nitrogens with one attached hydrogen (secondary N) is 2. The monoisotopic (exact) mass is 750 g/mol. The lowest BCUT2D eigenvalue weighted by Crippen LogP contribution is -3.19. The van der Waals surface area contributed by atoms with Gasteiger partial charge in [0.05, 0.1) is 44.7 Å². The number of fused-ring (bicyclic) bond motifs is 2. The molecular weight excluding hydrogens is 699 g/mol. The van der Waals surface area contributed by atoms with Crippen LogP contribution in [0, 0.1) is 6.92 Å². The predicted octanol–water partition coefficient (Wildman–Crippen LogP) is 5.61. The molecule has 3 amide bonds. The first-order valence-electron chi connectivity index (χ1n) is 19.3. The summed E-state index contributed by atoms with van der Waals surface area (Å²) in [5.41, 5.74) is 3.30. The van der Waals surface area contributed by atoms with E-state index in [2.05, 4.69) is 17.5 Å². The van der Waals surface area contributed by atoms with Crippen LogP contribution in [-0.2, 0) is 20.9 Å². The Balaban J connectivity index is 1.36. The minimum Gasteiger partial charge on any atom is -0.497 e. The highest BCUT2D eigenvalue weighted by Gasteiger charge is 2.48. The summed E-state index contributed by atoms with van der Waals surface area (Å²) in [5.74, 6) is 1.38. The van der Waals surface area contributed by atoms with Crippen LogP contribution in [0.5, 0.6) is 17.4 Å². The van der Waals surface area contributed by atoms with Crippen molar-refractivity contribution in [3.63, 3.8) is 0 Å². The van der Waals surface area contributed by atoms with Gasteiger partial charge in [-0.3, -0.25) is 9.69 Å². The number of allylic oxidation sites excluding steroid dienone is 2. The molecule has 2 aliphatic heterocycles. The number of aromatic nitrogens is 2. The van der Waals surface area contributed by atoms with Gasteiger partial charge in [0.2, 0.25) is 5.88 Å². The quantitative estimate of drug-likeness (QED) is 0.166. The molecule has 290 valence electrons. The Labute approximate surface area is 322 Å². The minimum atomic E-state index is -0.853. The van der Waals surface area contributed by atoms with Crippen molar-refractivity contribution in [2.45, 2.75) is 83.5 Å². The van der Waals surface area contributed by atoms with E-state index in [4.69, 9.17) is 28.9 Å². The first kappa shape index (κ1) is 39.2.